The molecule has 2 N–H and O–H groups in total. The van der Waals surface area contributed by atoms with Gasteiger partial charge >= 0.3 is 0 Å². The number of nitrogens with one attached hydrogen (secondary N) is 2. The van der Waals surface area contributed by atoms with Crippen molar-refractivity contribution in [2.45, 2.75) is 0 Å². The summed E-state index contributed by atoms with van der Waals surface area (Å²) in [5.41, 5.74) is -0.149. The normalized spacial score (nSPS) is 10.2. The highest BCUT2D eigenvalue weighted by Gasteiger charge is 2.15. The van der Waals surface area contributed by atoms with Crippen molar-refractivity contribution < 1.29 is 13.6 Å². The lowest BCUT2D eigenvalue weighted by Gasteiger charge is -2.09. The SMILES string of the molecule is CNc1cc(C(=O)Nc2cccc(F)c2F)c(Cl)cn1. The molecule has 20 heavy (non-hydrogen) atoms. The van der Waals surface area contributed by atoms with Gasteiger partial charge in [0.1, 0.15) is 5.82 Å². The predicted molar refractivity (Wildman–Crippen MR) is 73.1 cm³/mol. The van der Waals surface area contributed by atoms with Crippen molar-refractivity contribution >= 4 is 29.0 Å². The van der Waals surface area contributed by atoms with E-state index in [1.54, 1.807) is 7.05 Å². The molecule has 4 nitrogen and oxygen atoms in total. The standard InChI is InChI=1S/C13H10ClF2N3O/c1-17-11-5-7(8(14)6-18-11)13(20)19-10-4-2-3-9(15)12(10)16/h2-6H,1H3,(H,17,18)(H,19,20). The third-order valence-electron chi connectivity index (χ3n) is 2.56. The predicted octanol–water partition coefficient (Wildman–Crippen LogP) is 3.31. The van der Waals surface area contributed by atoms with Crippen molar-refractivity contribution in [2.24, 2.45) is 0 Å². The molecule has 0 saturated carbocycles. The molecule has 1 aromatic carbocycles. The summed E-state index contributed by atoms with van der Waals surface area (Å²) in [5, 5.41) is 5.13. The lowest BCUT2D eigenvalue weighted by molar-refractivity contribution is 0.102. The first-order valence-corrected chi connectivity index (χ1v) is 5.99. The Labute approximate surface area is 118 Å². The second-order valence-corrected chi connectivity index (χ2v) is 4.26. The zero-order chi connectivity index (χ0) is 14.7. The van der Waals surface area contributed by atoms with Gasteiger partial charge in [0.05, 0.1) is 16.3 Å². The minimum Gasteiger partial charge on any atom is -0.373 e. The lowest BCUT2D eigenvalue weighted by atomic mass is 10.2. The number of hydrogen-bond acceptors (Lipinski definition) is 3. The maximum Gasteiger partial charge on any atom is 0.257 e. The number of benzene rings is 1. The summed E-state index contributed by atoms with van der Waals surface area (Å²) >= 11 is 5.87. The van der Waals surface area contributed by atoms with Crippen LogP contribution in [0.5, 0.6) is 0 Å². The molecule has 0 aliphatic rings. The van der Waals surface area contributed by atoms with Crippen LogP contribution in [0.4, 0.5) is 20.3 Å². The van der Waals surface area contributed by atoms with Gasteiger partial charge in [-0.15, -0.1) is 0 Å². The van der Waals surface area contributed by atoms with E-state index in [4.69, 9.17) is 11.6 Å². The fraction of sp³-hybridized carbons (Fsp3) is 0.0769. The van der Waals surface area contributed by atoms with Gasteiger partial charge in [0.2, 0.25) is 0 Å². The van der Waals surface area contributed by atoms with E-state index in [1.807, 2.05) is 0 Å². The number of anilines is 2. The smallest absolute Gasteiger partial charge is 0.257 e. The Balaban J connectivity index is 2.30. The maximum absolute atomic E-state index is 13.5. The van der Waals surface area contributed by atoms with E-state index in [-0.39, 0.29) is 16.3 Å². The van der Waals surface area contributed by atoms with Crippen LogP contribution in [0.25, 0.3) is 0 Å². The second kappa shape index (κ2) is 5.83. The van der Waals surface area contributed by atoms with E-state index in [0.29, 0.717) is 5.82 Å². The molecule has 0 bridgehead atoms. The van der Waals surface area contributed by atoms with Crippen LogP contribution < -0.4 is 10.6 Å². The molecule has 1 amide bonds. The Morgan fingerprint density at radius 3 is 2.80 bits per heavy atom. The van der Waals surface area contributed by atoms with Crippen LogP contribution in [0, 0.1) is 11.6 Å². The summed E-state index contributed by atoms with van der Waals surface area (Å²) < 4.78 is 26.5. The monoisotopic (exact) mass is 297 g/mol. The number of hydrogen-bond donors (Lipinski definition) is 2. The first kappa shape index (κ1) is 14.2. The molecule has 1 aromatic heterocycles. The van der Waals surface area contributed by atoms with Gasteiger partial charge in [0.25, 0.3) is 5.91 Å². The van der Waals surface area contributed by atoms with Crippen molar-refractivity contribution in [3.05, 3.63) is 52.7 Å². The van der Waals surface area contributed by atoms with Crippen LogP contribution in [0.1, 0.15) is 10.4 Å². The van der Waals surface area contributed by atoms with E-state index in [1.165, 1.54) is 24.4 Å². The third kappa shape index (κ3) is 2.85. The van der Waals surface area contributed by atoms with Crippen LogP contribution >= 0.6 is 11.6 Å². The van der Waals surface area contributed by atoms with Crippen LogP contribution in [-0.4, -0.2) is 17.9 Å². The molecular weight excluding hydrogens is 288 g/mol. The van der Waals surface area contributed by atoms with E-state index in [0.717, 1.165) is 6.07 Å². The first-order valence-electron chi connectivity index (χ1n) is 5.61. The van der Waals surface area contributed by atoms with Crippen LogP contribution in [0.3, 0.4) is 0 Å². The van der Waals surface area contributed by atoms with Crippen LogP contribution in [0.2, 0.25) is 5.02 Å². The van der Waals surface area contributed by atoms with Gasteiger partial charge in [-0.05, 0) is 18.2 Å². The number of rotatable bonds is 3. The molecule has 0 atom stereocenters. The Kier molecular flexibility index (Phi) is 4.14. The van der Waals surface area contributed by atoms with Gasteiger partial charge in [-0.3, -0.25) is 4.79 Å². The van der Waals surface area contributed by atoms with Gasteiger partial charge in [0.15, 0.2) is 11.6 Å². The molecule has 0 fully saturated rings. The Morgan fingerprint density at radius 1 is 1.35 bits per heavy atom. The number of carbonyl (C=O) groups is 1. The van der Waals surface area contributed by atoms with Crippen molar-refractivity contribution in [3.63, 3.8) is 0 Å². The minimum absolute atomic E-state index is 0.106. The second-order valence-electron chi connectivity index (χ2n) is 3.85. The van der Waals surface area contributed by atoms with Gasteiger partial charge in [-0.25, -0.2) is 13.8 Å². The van der Waals surface area contributed by atoms with Crippen molar-refractivity contribution in [1.29, 1.82) is 0 Å². The lowest BCUT2D eigenvalue weighted by Crippen LogP contribution is -2.14. The number of nitrogens with zero attached hydrogens (tertiary/aromatic N) is 1. The molecular formula is C13H10ClF2N3O. The van der Waals surface area contributed by atoms with Gasteiger partial charge in [0, 0.05) is 13.2 Å². The number of pyridine rings is 1. The maximum atomic E-state index is 13.5. The molecule has 0 saturated heterocycles. The molecule has 7 heteroatoms. The Morgan fingerprint density at radius 2 is 2.10 bits per heavy atom. The summed E-state index contributed by atoms with van der Waals surface area (Å²) in [5.74, 6) is -2.39. The summed E-state index contributed by atoms with van der Waals surface area (Å²) in [6.45, 7) is 0. The van der Waals surface area contributed by atoms with E-state index in [9.17, 15) is 13.6 Å². The molecule has 0 aliphatic carbocycles. The fourth-order valence-corrected chi connectivity index (χ4v) is 1.73. The molecule has 0 spiro atoms. The molecule has 104 valence electrons. The molecule has 2 rings (SSSR count). The minimum atomic E-state index is -1.13. The van der Waals surface area contributed by atoms with Gasteiger partial charge < -0.3 is 10.6 Å². The first-order chi connectivity index (χ1) is 9.52. The topological polar surface area (TPSA) is 54.0 Å². The summed E-state index contributed by atoms with van der Waals surface area (Å²) in [7, 11) is 1.63. The number of carbonyl (C=O) groups excluding carboxylic acids is 1. The van der Waals surface area contributed by atoms with Gasteiger partial charge in [-0.2, -0.15) is 0 Å². The van der Waals surface area contributed by atoms with Gasteiger partial charge in [-0.1, -0.05) is 17.7 Å². The third-order valence-corrected chi connectivity index (χ3v) is 2.86. The Bertz CT molecular complexity index is 664. The summed E-state index contributed by atoms with van der Waals surface area (Å²) in [6, 6.07) is 4.92. The average molecular weight is 298 g/mol. The van der Waals surface area contributed by atoms with Crippen molar-refractivity contribution in [2.75, 3.05) is 17.7 Å². The highest BCUT2D eigenvalue weighted by atomic mass is 35.5. The van der Waals surface area contributed by atoms with E-state index < -0.39 is 17.5 Å². The van der Waals surface area contributed by atoms with Crippen LogP contribution in [-0.2, 0) is 0 Å². The molecule has 0 unspecified atom stereocenters. The van der Waals surface area contributed by atoms with Crippen molar-refractivity contribution in [3.8, 4) is 0 Å². The summed E-state index contributed by atoms with van der Waals surface area (Å²) in [4.78, 5) is 15.9. The molecule has 0 radical (unpaired) electrons. The van der Waals surface area contributed by atoms with E-state index in [2.05, 4.69) is 15.6 Å². The highest BCUT2D eigenvalue weighted by Crippen LogP contribution is 2.21. The average Bonchev–Trinajstić information content (AvgIpc) is 2.44. The van der Waals surface area contributed by atoms with Crippen LogP contribution in [0.15, 0.2) is 30.5 Å². The Hall–Kier alpha value is -2.21. The zero-order valence-electron chi connectivity index (χ0n) is 10.4. The fourth-order valence-electron chi connectivity index (χ4n) is 1.54. The highest BCUT2D eigenvalue weighted by molar-refractivity contribution is 6.34. The molecule has 0 aliphatic heterocycles. The largest absolute Gasteiger partial charge is 0.373 e. The quantitative estimate of drug-likeness (QED) is 0.914. The number of amides is 1. The van der Waals surface area contributed by atoms with E-state index >= 15 is 0 Å². The molecule has 2 aromatic rings. The number of halogens is 3. The number of aromatic nitrogens is 1. The zero-order valence-corrected chi connectivity index (χ0v) is 11.1. The van der Waals surface area contributed by atoms with Crippen molar-refractivity contribution in [1.82, 2.24) is 4.98 Å². The summed E-state index contributed by atoms with van der Waals surface area (Å²) in [6.07, 6.45) is 1.30. The molecule has 1 heterocycles.